The molecule has 490 valence electrons. The van der Waals surface area contributed by atoms with Crippen LogP contribution in [0.25, 0.3) is 0 Å². The van der Waals surface area contributed by atoms with Gasteiger partial charge in [-0.3, -0.25) is 0 Å². The zero-order valence-corrected chi connectivity index (χ0v) is 59.4. The standard InChI is InChI=1S/3C22H36.C21H34/c1-5-16-10-18-12-19-11-17-8-6-7-9-20(17)14(3)22(19)15(4)21(18)13(16)2;1-5-16-10-11-19-20-12-17-8-6-7-9-18(17)14(3)22(20)15(4)21(19)13(16)2;1-4-16-9-10-19-12-20-11-17-7-5-6-8-18(17)13-21(20)15(3)22(19)14(16)2;1-5-15-10-18-19-11-16-8-6-7-9-17(16)13(3)21(19)14(4)20(18)12(15)2/h2*13-14,16-22H,4-12H2,1-3H3;14,16-22H,3-13H2,1-2H3;12-13,15-21H,4-11H2,1-3H3/t13?,14?,16?,17-,18?,19?,20+,21?,22?;13?,14-,16?,17-,18+,19?,20?,21?,22?;14?,16?,17-,18+,19?,20?,21?,22?;12?,13-,15?,16-,17+,18?,19?,20?,21?/m1111/s1. The van der Waals surface area contributed by atoms with Gasteiger partial charge in [-0.15, -0.1) is 0 Å². The van der Waals surface area contributed by atoms with Crippen molar-refractivity contribution >= 4 is 0 Å². The van der Waals surface area contributed by atoms with E-state index in [4.69, 9.17) is 19.7 Å². The average Bonchev–Trinajstić information content (AvgIpc) is 1.69. The van der Waals surface area contributed by atoms with Crippen molar-refractivity contribution in [2.75, 3.05) is 0 Å². The molecule has 0 nitrogen and oxygen atoms in total. The van der Waals surface area contributed by atoms with Gasteiger partial charge >= 0.3 is 0 Å². The van der Waals surface area contributed by atoms with Gasteiger partial charge in [0.1, 0.15) is 0 Å². The fourth-order valence-electron chi connectivity index (χ4n) is 30.7. The molecule has 16 rings (SSSR count). The van der Waals surface area contributed by atoms with Crippen molar-refractivity contribution in [1.29, 1.82) is 0 Å². The summed E-state index contributed by atoms with van der Waals surface area (Å²) in [5.74, 6) is 33.8. The molecule has 35 atom stereocenters. The molecule has 0 aromatic heterocycles. The molecule has 0 N–H and O–H groups in total. The minimum atomic E-state index is 0.869. The summed E-state index contributed by atoms with van der Waals surface area (Å²) < 4.78 is 0. The molecule has 0 bridgehead atoms. The van der Waals surface area contributed by atoms with Crippen molar-refractivity contribution in [3.05, 3.63) is 48.6 Å². The molecular formula is C87H142. The van der Waals surface area contributed by atoms with Gasteiger partial charge in [-0.2, -0.15) is 0 Å². The molecule has 16 saturated carbocycles. The lowest BCUT2D eigenvalue weighted by Crippen LogP contribution is -2.46. The molecule has 0 radical (unpaired) electrons. The second-order valence-electron chi connectivity index (χ2n) is 37.2. The van der Waals surface area contributed by atoms with Gasteiger partial charge in [0.2, 0.25) is 0 Å². The van der Waals surface area contributed by atoms with Crippen molar-refractivity contribution in [3.8, 4) is 0 Å². The van der Waals surface area contributed by atoms with E-state index in [9.17, 15) is 0 Å². The fraction of sp³-hybridized carbons (Fsp3) is 0.908. The Labute approximate surface area is 540 Å². The Balaban J connectivity index is 0.000000107. The van der Waals surface area contributed by atoms with Crippen LogP contribution in [0.15, 0.2) is 48.6 Å². The van der Waals surface area contributed by atoms with Gasteiger partial charge in [0.15, 0.2) is 0 Å². The highest BCUT2D eigenvalue weighted by Crippen LogP contribution is 2.68. The Kier molecular flexibility index (Phi) is 20.1. The first-order valence-electron chi connectivity index (χ1n) is 40.8. The van der Waals surface area contributed by atoms with Crippen molar-refractivity contribution in [2.24, 2.45) is 207 Å². The maximum Gasteiger partial charge on any atom is -0.0143 e. The number of allylic oxidation sites excluding steroid dienone is 4. The third kappa shape index (κ3) is 11.6. The topological polar surface area (TPSA) is 0 Å². The lowest BCUT2D eigenvalue weighted by molar-refractivity contribution is 0.000598. The minimum absolute atomic E-state index is 0.869. The van der Waals surface area contributed by atoms with E-state index in [0.717, 1.165) is 207 Å². The molecule has 0 spiro atoms. The maximum absolute atomic E-state index is 4.75. The average molecular weight is 1190 g/mol. The first-order chi connectivity index (χ1) is 42.1. The van der Waals surface area contributed by atoms with Gasteiger partial charge in [-0.25, -0.2) is 0 Å². The molecular weight excluding hydrogens is 1040 g/mol. The SMILES string of the molecule is C=C1C2C(C)C(CC)CC2C2C[C@H]3CCCC[C@H]3[C@@H](C)C12.C=C1C2C(C)C(CC)CCC2C2C[C@H]3CCCC[C@H]3[C@@H](C)C12.C=C1C2C(CC(CC)C2C)CC2C[C@H]3CCCC[C@H]3C(C)C12.C=C1C2C[C@@H]3CCCC[C@@H]3CC2CC2CCC(CC)C(C)C12. The molecule has 0 aliphatic heterocycles. The van der Waals surface area contributed by atoms with Crippen LogP contribution in [0.1, 0.15) is 288 Å². The summed E-state index contributed by atoms with van der Waals surface area (Å²) in [6.07, 6.45) is 49.7. The highest BCUT2D eigenvalue weighted by molar-refractivity contribution is 5.26. The monoisotopic (exact) mass is 1190 g/mol. The van der Waals surface area contributed by atoms with E-state index in [1.165, 1.54) is 167 Å². The lowest BCUT2D eigenvalue weighted by atomic mass is 9.50. The van der Waals surface area contributed by atoms with Gasteiger partial charge < -0.3 is 0 Å². The number of hydrogen-bond acceptors (Lipinski definition) is 0. The van der Waals surface area contributed by atoms with Gasteiger partial charge in [0.25, 0.3) is 0 Å². The molecule has 0 heterocycles. The molecule has 25 unspecified atom stereocenters. The third-order valence-electron chi connectivity index (χ3n) is 34.6. The van der Waals surface area contributed by atoms with Gasteiger partial charge in [-0.1, -0.05) is 234 Å². The van der Waals surface area contributed by atoms with Gasteiger partial charge in [-0.05, 0) is 310 Å². The van der Waals surface area contributed by atoms with Gasteiger partial charge in [0, 0.05) is 0 Å². The molecule has 0 amide bonds. The van der Waals surface area contributed by atoms with Gasteiger partial charge in [0.05, 0.1) is 0 Å². The Hall–Kier alpha value is -1.04. The van der Waals surface area contributed by atoms with Crippen molar-refractivity contribution < 1.29 is 0 Å². The fourth-order valence-corrected chi connectivity index (χ4v) is 30.7. The van der Waals surface area contributed by atoms with E-state index in [0.29, 0.717) is 0 Å². The number of rotatable bonds is 4. The van der Waals surface area contributed by atoms with Crippen molar-refractivity contribution in [1.82, 2.24) is 0 Å². The second kappa shape index (κ2) is 27.0. The largest absolute Gasteiger partial charge is 0.0993 e. The van der Waals surface area contributed by atoms with Crippen LogP contribution in [0, 0.1) is 207 Å². The minimum Gasteiger partial charge on any atom is -0.0993 e. The van der Waals surface area contributed by atoms with Crippen LogP contribution in [-0.2, 0) is 0 Å². The number of hydrogen-bond donors (Lipinski definition) is 0. The van der Waals surface area contributed by atoms with E-state index in [2.05, 4.69) is 82.7 Å². The normalized spacial score (nSPS) is 54.1. The van der Waals surface area contributed by atoms with Crippen LogP contribution in [0.2, 0.25) is 0 Å². The predicted molar refractivity (Wildman–Crippen MR) is 373 cm³/mol. The highest BCUT2D eigenvalue weighted by atomic mass is 14.6. The molecule has 16 aliphatic rings. The molecule has 0 heteroatoms. The quantitative estimate of drug-likeness (QED) is 0.246. The summed E-state index contributed by atoms with van der Waals surface area (Å²) in [6.45, 7) is 46.5. The summed E-state index contributed by atoms with van der Waals surface area (Å²) in [4.78, 5) is 0. The Morgan fingerprint density at radius 3 is 1.13 bits per heavy atom. The molecule has 16 fully saturated rings. The maximum atomic E-state index is 4.75. The first kappa shape index (κ1) is 64.7. The van der Waals surface area contributed by atoms with Crippen molar-refractivity contribution in [2.45, 2.75) is 288 Å². The third-order valence-corrected chi connectivity index (χ3v) is 34.6. The summed E-state index contributed by atoms with van der Waals surface area (Å²) in [5, 5.41) is 0. The van der Waals surface area contributed by atoms with Crippen LogP contribution < -0.4 is 0 Å². The van der Waals surface area contributed by atoms with E-state index in [1.54, 1.807) is 67.2 Å². The molecule has 0 saturated heterocycles. The second-order valence-corrected chi connectivity index (χ2v) is 37.2. The summed E-state index contributed by atoms with van der Waals surface area (Å²) in [6, 6.07) is 0. The lowest BCUT2D eigenvalue weighted by Gasteiger charge is -2.55. The van der Waals surface area contributed by atoms with Crippen LogP contribution in [0.5, 0.6) is 0 Å². The predicted octanol–water partition coefficient (Wildman–Crippen LogP) is 25.0. The highest BCUT2D eigenvalue weighted by Gasteiger charge is 2.60. The first-order valence-corrected chi connectivity index (χ1v) is 40.8. The Morgan fingerprint density at radius 1 is 0.230 bits per heavy atom. The molecule has 0 aromatic rings. The van der Waals surface area contributed by atoms with Crippen molar-refractivity contribution in [3.63, 3.8) is 0 Å². The van der Waals surface area contributed by atoms with E-state index >= 15 is 0 Å². The zero-order valence-electron chi connectivity index (χ0n) is 59.4. The summed E-state index contributed by atoms with van der Waals surface area (Å²) in [5.41, 5.74) is 6.83. The van der Waals surface area contributed by atoms with E-state index in [-0.39, 0.29) is 0 Å². The molecule has 0 aromatic carbocycles. The van der Waals surface area contributed by atoms with Crippen LogP contribution >= 0.6 is 0 Å². The smallest absolute Gasteiger partial charge is 0.0143 e. The molecule has 87 heavy (non-hydrogen) atoms. The summed E-state index contributed by atoms with van der Waals surface area (Å²) >= 11 is 0. The molecule has 16 aliphatic carbocycles. The van der Waals surface area contributed by atoms with Crippen LogP contribution in [0.4, 0.5) is 0 Å². The van der Waals surface area contributed by atoms with E-state index < -0.39 is 0 Å². The Morgan fingerprint density at radius 2 is 0.563 bits per heavy atom. The Bertz CT molecular complexity index is 2350. The van der Waals surface area contributed by atoms with E-state index in [1.807, 2.05) is 0 Å². The summed E-state index contributed by atoms with van der Waals surface area (Å²) in [7, 11) is 0. The van der Waals surface area contributed by atoms with Crippen LogP contribution in [0.3, 0.4) is 0 Å². The van der Waals surface area contributed by atoms with Crippen LogP contribution in [-0.4, -0.2) is 0 Å². The zero-order chi connectivity index (χ0) is 60.9. The number of fused-ring (bicyclic) bond motifs is 14.